The van der Waals surface area contributed by atoms with E-state index >= 15 is 0 Å². The molecular formula is C14H11Cl2NNa2O2. The molecule has 0 atom stereocenters. The number of halogens is 2. The van der Waals surface area contributed by atoms with Gasteiger partial charge in [0.05, 0.1) is 15.7 Å². The second kappa shape index (κ2) is 10.1. The van der Waals surface area contributed by atoms with Gasteiger partial charge < -0.3 is 15.2 Å². The molecule has 3 nitrogen and oxygen atoms in total. The summed E-state index contributed by atoms with van der Waals surface area (Å²) in [4.78, 5) is 10.7. The number of rotatable bonds is 4. The Labute approximate surface area is 177 Å². The number of benzene rings is 2. The summed E-state index contributed by atoms with van der Waals surface area (Å²) >= 11 is 12.1. The topological polar surface area (TPSA) is 52.2 Å². The first-order valence-corrected chi connectivity index (χ1v) is 6.32. The Morgan fingerprint density at radius 2 is 1.62 bits per heavy atom. The van der Waals surface area contributed by atoms with Gasteiger partial charge in [-0.15, -0.1) is 0 Å². The average Bonchev–Trinajstić information content (AvgIpc) is 2.35. The first-order chi connectivity index (χ1) is 9.08. The summed E-state index contributed by atoms with van der Waals surface area (Å²) in [6, 6.07) is 12.2. The van der Waals surface area contributed by atoms with Gasteiger partial charge in [-0.25, -0.2) is 0 Å². The molecule has 1 N–H and O–H groups in total. The summed E-state index contributed by atoms with van der Waals surface area (Å²) in [6.45, 7) is 0. The van der Waals surface area contributed by atoms with Crippen LogP contribution in [0.2, 0.25) is 10.0 Å². The first-order valence-electron chi connectivity index (χ1n) is 5.56. The molecule has 0 aromatic heterocycles. The van der Waals surface area contributed by atoms with Crippen molar-refractivity contribution in [2.45, 2.75) is 6.42 Å². The average molecular weight is 342 g/mol. The third-order valence-electron chi connectivity index (χ3n) is 2.57. The molecule has 0 saturated carbocycles. The van der Waals surface area contributed by atoms with E-state index in [4.69, 9.17) is 23.2 Å². The van der Waals surface area contributed by atoms with Crippen molar-refractivity contribution >= 4 is 70.1 Å². The predicted octanol–water partition coefficient (Wildman–Crippen LogP) is -0.615. The van der Waals surface area contributed by atoms with Crippen molar-refractivity contribution in [1.29, 1.82) is 0 Å². The number of nitrogens with one attached hydrogen (secondary N) is 1. The van der Waals surface area contributed by atoms with Crippen molar-refractivity contribution < 1.29 is 39.5 Å². The zero-order chi connectivity index (χ0) is 13.8. The Kier molecular flexibility index (Phi) is 10.3. The van der Waals surface area contributed by atoms with Gasteiger partial charge in [-0.1, -0.05) is 47.5 Å². The second-order valence-electron chi connectivity index (χ2n) is 3.93. The maximum absolute atomic E-state index is 10.7. The van der Waals surface area contributed by atoms with Crippen LogP contribution in [0.3, 0.4) is 0 Å². The van der Waals surface area contributed by atoms with Crippen molar-refractivity contribution in [2.75, 3.05) is 5.32 Å². The van der Waals surface area contributed by atoms with Gasteiger partial charge in [0.15, 0.2) is 0 Å². The number of carboxylic acid groups (broad SMARTS) is 1. The van der Waals surface area contributed by atoms with Gasteiger partial charge in [-0.05, 0) is 23.8 Å². The third kappa shape index (κ3) is 6.12. The molecule has 0 heterocycles. The monoisotopic (exact) mass is 341 g/mol. The Hall–Kier alpha value is 0.290. The molecular weight excluding hydrogens is 331 g/mol. The molecule has 0 radical (unpaired) electrons. The Morgan fingerprint density at radius 1 is 1.05 bits per heavy atom. The number of carboxylic acids is 1. The van der Waals surface area contributed by atoms with E-state index in [0.717, 1.165) is 0 Å². The predicted molar refractivity (Wildman–Crippen MR) is 82.0 cm³/mol. The SMILES string of the molecule is O=C([O-])Cc1ccccc1Nc1c(Cl)cccc1Cl.[Na+].[NaH]. The van der Waals surface area contributed by atoms with Crippen LogP contribution in [0.15, 0.2) is 42.5 Å². The normalized spacial score (nSPS) is 9.24. The van der Waals surface area contributed by atoms with Crippen LogP contribution in [0, 0.1) is 0 Å². The van der Waals surface area contributed by atoms with Gasteiger partial charge >= 0.3 is 59.1 Å². The van der Waals surface area contributed by atoms with E-state index in [1.54, 1.807) is 42.5 Å². The van der Waals surface area contributed by atoms with Crippen LogP contribution in [0.1, 0.15) is 5.56 Å². The van der Waals surface area contributed by atoms with Crippen LogP contribution in [-0.2, 0) is 11.2 Å². The zero-order valence-electron chi connectivity index (χ0n) is 10.8. The zero-order valence-corrected chi connectivity index (χ0v) is 14.3. The Bertz CT molecular complexity index is 603. The van der Waals surface area contributed by atoms with E-state index < -0.39 is 5.97 Å². The Morgan fingerprint density at radius 3 is 2.19 bits per heavy atom. The fraction of sp³-hybridized carbons (Fsp3) is 0.0714. The number of para-hydroxylation sites is 2. The number of hydrogen-bond acceptors (Lipinski definition) is 3. The standard InChI is InChI=1S/C14H11Cl2NO2.2Na.H/c15-10-5-3-6-11(16)14(10)17-12-7-2-1-4-9(12)8-13(18)19;;;/h1-7,17H,8H2,(H,18,19);;;/q;;+1;/p-1. The number of hydrogen-bond donors (Lipinski definition) is 1. The number of aliphatic carboxylic acids is 1. The maximum atomic E-state index is 10.7. The van der Waals surface area contributed by atoms with Crippen molar-refractivity contribution in [3.63, 3.8) is 0 Å². The van der Waals surface area contributed by atoms with Crippen LogP contribution in [-0.4, -0.2) is 35.5 Å². The molecule has 100 valence electrons. The third-order valence-corrected chi connectivity index (χ3v) is 3.20. The quantitative estimate of drug-likeness (QED) is 0.754. The molecule has 0 aliphatic heterocycles. The van der Waals surface area contributed by atoms with Gasteiger partial charge in [0.1, 0.15) is 0 Å². The van der Waals surface area contributed by atoms with Crippen LogP contribution >= 0.6 is 23.2 Å². The first kappa shape index (κ1) is 21.3. The van der Waals surface area contributed by atoms with Gasteiger partial charge in [0.25, 0.3) is 0 Å². The van der Waals surface area contributed by atoms with Gasteiger partial charge in [-0.3, -0.25) is 0 Å². The number of anilines is 2. The molecule has 2 aromatic rings. The van der Waals surface area contributed by atoms with Crippen molar-refractivity contribution in [1.82, 2.24) is 0 Å². The molecule has 0 amide bonds. The second-order valence-corrected chi connectivity index (χ2v) is 4.74. The van der Waals surface area contributed by atoms with Crippen molar-refractivity contribution in [3.8, 4) is 0 Å². The summed E-state index contributed by atoms with van der Waals surface area (Å²) in [6.07, 6.45) is -0.175. The summed E-state index contributed by atoms with van der Waals surface area (Å²) in [5, 5.41) is 14.7. The molecule has 2 rings (SSSR count). The van der Waals surface area contributed by atoms with Crippen LogP contribution in [0.4, 0.5) is 11.4 Å². The summed E-state index contributed by atoms with van der Waals surface area (Å²) < 4.78 is 0. The minimum absolute atomic E-state index is 0. The molecule has 0 saturated heterocycles. The Balaban J connectivity index is 0.00000200. The van der Waals surface area contributed by atoms with Crippen LogP contribution in [0.25, 0.3) is 0 Å². The minimum atomic E-state index is -1.14. The van der Waals surface area contributed by atoms with E-state index in [-0.39, 0.29) is 65.5 Å². The molecule has 21 heavy (non-hydrogen) atoms. The molecule has 0 bridgehead atoms. The van der Waals surface area contributed by atoms with E-state index in [1.807, 2.05) is 0 Å². The fourth-order valence-corrected chi connectivity index (χ4v) is 2.20. The van der Waals surface area contributed by atoms with Gasteiger partial charge in [0.2, 0.25) is 0 Å². The van der Waals surface area contributed by atoms with Crippen molar-refractivity contribution in [2.24, 2.45) is 0 Å². The van der Waals surface area contributed by atoms with E-state index in [0.29, 0.717) is 27.0 Å². The summed E-state index contributed by atoms with van der Waals surface area (Å²) in [7, 11) is 0. The molecule has 0 aliphatic carbocycles. The van der Waals surface area contributed by atoms with Crippen LogP contribution < -0.4 is 40.0 Å². The molecule has 0 fully saturated rings. The van der Waals surface area contributed by atoms with Crippen LogP contribution in [0.5, 0.6) is 0 Å². The molecule has 0 unspecified atom stereocenters. The molecule has 0 spiro atoms. The number of carbonyl (C=O) groups is 1. The fourth-order valence-electron chi connectivity index (χ4n) is 1.70. The molecule has 7 heteroatoms. The summed E-state index contributed by atoms with van der Waals surface area (Å²) in [5.41, 5.74) is 1.80. The summed E-state index contributed by atoms with van der Waals surface area (Å²) in [5.74, 6) is -1.14. The van der Waals surface area contributed by atoms with E-state index in [1.165, 1.54) is 0 Å². The van der Waals surface area contributed by atoms with E-state index in [9.17, 15) is 9.90 Å². The molecule has 2 aromatic carbocycles. The van der Waals surface area contributed by atoms with Crippen molar-refractivity contribution in [3.05, 3.63) is 58.1 Å². The molecule has 0 aliphatic rings. The van der Waals surface area contributed by atoms with E-state index in [2.05, 4.69) is 5.32 Å². The van der Waals surface area contributed by atoms with Gasteiger partial charge in [-0.2, -0.15) is 0 Å². The number of carbonyl (C=O) groups excluding carboxylic acids is 1. The van der Waals surface area contributed by atoms with Gasteiger partial charge in [0, 0.05) is 18.1 Å².